The highest BCUT2D eigenvalue weighted by atomic mass is 79.9. The van der Waals surface area contributed by atoms with Crippen molar-refractivity contribution in [2.75, 3.05) is 12.0 Å². The molecule has 0 saturated carbocycles. The fraction of sp³-hybridized carbons (Fsp3) is 0.231. The lowest BCUT2D eigenvalue weighted by Gasteiger charge is -2.08. The molecule has 1 rings (SSSR count). The molecule has 0 atom stereocenters. The lowest BCUT2D eigenvalue weighted by molar-refractivity contribution is -0.134. The lowest BCUT2D eigenvalue weighted by Crippen LogP contribution is -2.30. The van der Waals surface area contributed by atoms with E-state index in [0.29, 0.717) is 5.69 Å². The van der Waals surface area contributed by atoms with E-state index in [9.17, 15) is 4.79 Å². The Kier molecular flexibility index (Phi) is 7.47. The van der Waals surface area contributed by atoms with Crippen LogP contribution in [0.5, 0.6) is 0 Å². The van der Waals surface area contributed by atoms with Crippen molar-refractivity contribution in [1.29, 1.82) is 0 Å². The maximum Gasteiger partial charge on any atom is 0.360 e. The molecule has 0 aliphatic heterocycles. The van der Waals surface area contributed by atoms with E-state index < -0.39 is 5.97 Å². The number of hydrazone groups is 2. The molecule has 22 heavy (non-hydrogen) atoms. The lowest BCUT2D eigenvalue weighted by atomic mass is 10.2. The normalized spacial score (nSPS) is 11.8. The summed E-state index contributed by atoms with van der Waals surface area (Å²) in [6.07, 6.45) is 0. The van der Waals surface area contributed by atoms with E-state index in [2.05, 4.69) is 49.2 Å². The molecule has 0 bridgehead atoms. The van der Waals surface area contributed by atoms with E-state index in [0.717, 1.165) is 4.47 Å². The van der Waals surface area contributed by atoms with Crippen LogP contribution in [0.2, 0.25) is 0 Å². The Morgan fingerprint density at radius 1 is 1.41 bits per heavy atom. The van der Waals surface area contributed by atoms with Gasteiger partial charge in [0.15, 0.2) is 10.8 Å². The highest BCUT2D eigenvalue weighted by Gasteiger charge is 2.17. The minimum Gasteiger partial charge on any atom is -0.461 e. The number of carbonyl (C=O) groups excluding carboxylic acids is 1. The second-order valence-corrected chi connectivity index (χ2v) is 5.24. The van der Waals surface area contributed by atoms with Gasteiger partial charge in [0.25, 0.3) is 0 Å². The molecule has 0 fully saturated rings. The Morgan fingerprint density at radius 3 is 2.68 bits per heavy atom. The van der Waals surface area contributed by atoms with Crippen LogP contribution >= 0.6 is 28.1 Å². The SMILES string of the molecule is CCOC(=O)C(=NNc1ccccc1Br)C(C)=NNC(N)=S. The summed E-state index contributed by atoms with van der Waals surface area (Å²) in [5, 5.41) is 7.92. The maximum atomic E-state index is 12.0. The number of carbonyl (C=O) groups is 1. The molecular formula is C13H16BrN5O2S. The molecule has 0 aliphatic rings. The van der Waals surface area contributed by atoms with Gasteiger partial charge in [-0.3, -0.25) is 10.9 Å². The van der Waals surface area contributed by atoms with Crippen LogP contribution in [0.3, 0.4) is 0 Å². The van der Waals surface area contributed by atoms with Crippen molar-refractivity contribution in [3.05, 3.63) is 28.7 Å². The molecule has 0 heterocycles. The summed E-state index contributed by atoms with van der Waals surface area (Å²) in [6, 6.07) is 7.35. The number of para-hydroxylation sites is 1. The zero-order chi connectivity index (χ0) is 16.5. The van der Waals surface area contributed by atoms with Gasteiger partial charge in [0.1, 0.15) is 0 Å². The van der Waals surface area contributed by atoms with Gasteiger partial charge in [-0.1, -0.05) is 12.1 Å². The third-order valence-corrected chi connectivity index (χ3v) is 3.09. The van der Waals surface area contributed by atoms with E-state index in [1.54, 1.807) is 19.9 Å². The van der Waals surface area contributed by atoms with Crippen LogP contribution < -0.4 is 16.6 Å². The van der Waals surface area contributed by atoms with Crippen LogP contribution in [0.1, 0.15) is 13.8 Å². The number of esters is 1. The molecule has 4 N–H and O–H groups in total. The number of hydrogen-bond donors (Lipinski definition) is 3. The van der Waals surface area contributed by atoms with Crippen molar-refractivity contribution in [3.8, 4) is 0 Å². The largest absolute Gasteiger partial charge is 0.461 e. The van der Waals surface area contributed by atoms with Crippen LogP contribution in [0.25, 0.3) is 0 Å². The second-order valence-electron chi connectivity index (χ2n) is 3.95. The standard InChI is InChI=1S/C13H16BrN5O2S/c1-3-21-12(20)11(8(2)16-19-13(15)22)18-17-10-7-5-4-6-9(10)14/h4-7,17H,3H2,1-2H3,(H3,15,19,22). The first-order valence-electron chi connectivity index (χ1n) is 6.31. The zero-order valence-corrected chi connectivity index (χ0v) is 14.5. The van der Waals surface area contributed by atoms with Gasteiger partial charge in [-0.25, -0.2) is 4.79 Å². The first-order valence-corrected chi connectivity index (χ1v) is 7.51. The molecule has 0 aliphatic carbocycles. The summed E-state index contributed by atoms with van der Waals surface area (Å²) in [4.78, 5) is 12.0. The fourth-order valence-electron chi connectivity index (χ4n) is 1.33. The summed E-state index contributed by atoms with van der Waals surface area (Å²) in [5.74, 6) is -0.604. The molecule has 0 spiro atoms. The van der Waals surface area contributed by atoms with Crippen molar-refractivity contribution in [2.45, 2.75) is 13.8 Å². The van der Waals surface area contributed by atoms with Crippen LogP contribution in [0.4, 0.5) is 5.69 Å². The quantitative estimate of drug-likeness (QED) is 0.299. The van der Waals surface area contributed by atoms with Crippen molar-refractivity contribution < 1.29 is 9.53 Å². The predicted octanol–water partition coefficient (Wildman–Crippen LogP) is 1.99. The number of nitrogens with zero attached hydrogens (tertiary/aromatic N) is 2. The van der Waals surface area contributed by atoms with E-state index in [1.165, 1.54) is 0 Å². The van der Waals surface area contributed by atoms with Crippen LogP contribution in [-0.2, 0) is 9.53 Å². The average Bonchev–Trinajstić information content (AvgIpc) is 2.47. The molecule has 0 radical (unpaired) electrons. The molecule has 9 heteroatoms. The Hall–Kier alpha value is -2.00. The molecule has 1 aromatic carbocycles. The number of hydrogen-bond acceptors (Lipinski definition) is 6. The van der Waals surface area contributed by atoms with Crippen molar-refractivity contribution in [1.82, 2.24) is 5.43 Å². The number of anilines is 1. The molecular weight excluding hydrogens is 370 g/mol. The number of thiocarbonyl (C=S) groups is 1. The van der Waals surface area contributed by atoms with Crippen molar-refractivity contribution in [2.24, 2.45) is 15.9 Å². The molecule has 1 aromatic rings. The van der Waals surface area contributed by atoms with E-state index in [4.69, 9.17) is 10.5 Å². The van der Waals surface area contributed by atoms with Gasteiger partial charge in [0.2, 0.25) is 0 Å². The number of rotatable bonds is 6. The van der Waals surface area contributed by atoms with Crippen molar-refractivity contribution >= 4 is 56.3 Å². The molecule has 0 saturated heterocycles. The molecule has 0 aromatic heterocycles. The van der Waals surface area contributed by atoms with E-state index in [1.807, 2.05) is 18.2 Å². The number of ether oxygens (including phenoxy) is 1. The topological polar surface area (TPSA) is 101 Å². The zero-order valence-electron chi connectivity index (χ0n) is 12.1. The third-order valence-electron chi connectivity index (χ3n) is 2.31. The number of benzene rings is 1. The Labute approximate surface area is 142 Å². The van der Waals surface area contributed by atoms with Crippen molar-refractivity contribution in [3.63, 3.8) is 0 Å². The predicted molar refractivity (Wildman–Crippen MR) is 94.9 cm³/mol. The van der Waals surface area contributed by atoms with Gasteiger partial charge in [-0.05, 0) is 54.1 Å². The summed E-state index contributed by atoms with van der Waals surface area (Å²) < 4.78 is 5.76. The van der Waals surface area contributed by atoms with Gasteiger partial charge in [0.05, 0.1) is 18.0 Å². The smallest absolute Gasteiger partial charge is 0.360 e. The molecule has 0 amide bonds. The summed E-state index contributed by atoms with van der Waals surface area (Å²) in [6.45, 7) is 3.52. The van der Waals surface area contributed by atoms with Crippen LogP contribution in [0, 0.1) is 0 Å². The highest BCUT2D eigenvalue weighted by Crippen LogP contribution is 2.21. The van der Waals surface area contributed by atoms with Crippen LogP contribution in [-0.4, -0.2) is 29.1 Å². The first kappa shape index (κ1) is 18.1. The minimum atomic E-state index is -0.604. The van der Waals surface area contributed by atoms with Gasteiger partial charge >= 0.3 is 5.97 Å². The fourth-order valence-corrected chi connectivity index (χ4v) is 1.75. The number of nitrogens with one attached hydrogen (secondary N) is 2. The first-order chi connectivity index (χ1) is 10.5. The van der Waals surface area contributed by atoms with E-state index in [-0.39, 0.29) is 23.1 Å². The molecule has 118 valence electrons. The summed E-state index contributed by atoms with van der Waals surface area (Å²) >= 11 is 8.03. The van der Waals surface area contributed by atoms with Crippen LogP contribution in [0.15, 0.2) is 38.9 Å². The Balaban J connectivity index is 3.01. The van der Waals surface area contributed by atoms with Gasteiger partial charge in [0, 0.05) is 4.47 Å². The maximum absolute atomic E-state index is 12.0. The van der Waals surface area contributed by atoms with Gasteiger partial charge in [-0.2, -0.15) is 10.2 Å². The van der Waals surface area contributed by atoms with Gasteiger partial charge < -0.3 is 10.5 Å². The second kappa shape index (κ2) is 9.11. The Bertz CT molecular complexity index is 618. The van der Waals surface area contributed by atoms with E-state index >= 15 is 0 Å². The Morgan fingerprint density at radius 2 is 2.09 bits per heavy atom. The molecule has 0 unspecified atom stereocenters. The summed E-state index contributed by atoms with van der Waals surface area (Å²) in [7, 11) is 0. The highest BCUT2D eigenvalue weighted by molar-refractivity contribution is 9.10. The minimum absolute atomic E-state index is 0.0127. The molecule has 7 nitrogen and oxygen atoms in total. The number of nitrogens with two attached hydrogens (primary N) is 1. The monoisotopic (exact) mass is 385 g/mol. The summed E-state index contributed by atoms with van der Waals surface area (Å²) in [5.41, 5.74) is 11.5. The average molecular weight is 386 g/mol. The third kappa shape index (κ3) is 5.78. The number of halogens is 1. The van der Waals surface area contributed by atoms with Gasteiger partial charge in [-0.15, -0.1) is 0 Å².